The molecule has 0 amide bonds. The second-order valence-electron chi connectivity index (χ2n) is 4.10. The van der Waals surface area contributed by atoms with Crippen LogP contribution in [-0.4, -0.2) is 33.7 Å². The van der Waals surface area contributed by atoms with Crippen LogP contribution in [0.4, 0.5) is 0 Å². The fraction of sp³-hybridized carbons (Fsp3) is 0.500. The smallest absolute Gasteiger partial charge is 0.0986 e. The molecule has 0 bridgehead atoms. The van der Waals surface area contributed by atoms with Gasteiger partial charge >= 0.3 is 0 Å². The van der Waals surface area contributed by atoms with E-state index < -0.39 is 0 Å². The SMILES string of the molecule is COCN(Cc1ccccc1)C[Si](C)C. The predicted molar refractivity (Wildman–Crippen MR) is 66.2 cm³/mol. The minimum atomic E-state index is -0.228. The lowest BCUT2D eigenvalue weighted by atomic mass is 10.2. The Morgan fingerprint density at radius 1 is 1.20 bits per heavy atom. The Morgan fingerprint density at radius 3 is 2.40 bits per heavy atom. The number of ether oxygens (including phenoxy) is 1. The second kappa shape index (κ2) is 6.77. The summed E-state index contributed by atoms with van der Waals surface area (Å²) in [6, 6.07) is 10.6. The van der Waals surface area contributed by atoms with Gasteiger partial charge in [-0.25, -0.2) is 0 Å². The molecule has 0 aliphatic carbocycles. The highest BCUT2D eigenvalue weighted by atomic mass is 28.3. The first-order valence-corrected chi connectivity index (χ1v) is 7.97. The normalized spacial score (nSPS) is 11.3. The van der Waals surface area contributed by atoms with E-state index in [0.717, 1.165) is 13.3 Å². The van der Waals surface area contributed by atoms with Crippen molar-refractivity contribution in [2.75, 3.05) is 20.0 Å². The van der Waals surface area contributed by atoms with E-state index in [2.05, 4.69) is 48.3 Å². The van der Waals surface area contributed by atoms with Crippen molar-refractivity contribution in [1.82, 2.24) is 4.90 Å². The Kier molecular flexibility index (Phi) is 5.61. The fourth-order valence-corrected chi connectivity index (χ4v) is 2.72. The van der Waals surface area contributed by atoms with Crippen LogP contribution in [0, 0.1) is 0 Å². The first kappa shape index (κ1) is 12.4. The van der Waals surface area contributed by atoms with Gasteiger partial charge in [0.25, 0.3) is 0 Å². The Labute approximate surface area is 94.5 Å². The lowest BCUT2D eigenvalue weighted by Crippen LogP contribution is -2.33. The Bertz CT molecular complexity index is 264. The summed E-state index contributed by atoms with van der Waals surface area (Å²) in [7, 11) is 1.53. The van der Waals surface area contributed by atoms with Crippen molar-refractivity contribution in [3.8, 4) is 0 Å². The molecule has 0 aliphatic rings. The van der Waals surface area contributed by atoms with Gasteiger partial charge in [-0.05, 0) is 11.7 Å². The molecule has 0 unspecified atom stereocenters. The van der Waals surface area contributed by atoms with E-state index in [1.807, 2.05) is 0 Å². The van der Waals surface area contributed by atoms with E-state index in [0.29, 0.717) is 0 Å². The number of nitrogens with zero attached hydrogens (tertiary/aromatic N) is 1. The first-order chi connectivity index (χ1) is 7.22. The molecule has 0 spiro atoms. The van der Waals surface area contributed by atoms with Crippen molar-refractivity contribution in [3.05, 3.63) is 35.9 Å². The van der Waals surface area contributed by atoms with Gasteiger partial charge in [0.1, 0.15) is 0 Å². The second-order valence-corrected chi connectivity index (χ2v) is 6.83. The van der Waals surface area contributed by atoms with Crippen LogP contribution in [0.3, 0.4) is 0 Å². The summed E-state index contributed by atoms with van der Waals surface area (Å²) >= 11 is 0. The van der Waals surface area contributed by atoms with Gasteiger partial charge in [0.05, 0.1) is 15.5 Å². The van der Waals surface area contributed by atoms with E-state index >= 15 is 0 Å². The summed E-state index contributed by atoms with van der Waals surface area (Å²) in [5.74, 6) is 0. The van der Waals surface area contributed by atoms with Crippen LogP contribution in [-0.2, 0) is 11.3 Å². The lowest BCUT2D eigenvalue weighted by Gasteiger charge is -2.22. The molecule has 1 radical (unpaired) electrons. The molecule has 0 atom stereocenters. The number of hydrogen-bond donors (Lipinski definition) is 0. The highest BCUT2D eigenvalue weighted by Gasteiger charge is 2.07. The van der Waals surface area contributed by atoms with Crippen LogP contribution in [0.1, 0.15) is 5.56 Å². The van der Waals surface area contributed by atoms with Gasteiger partial charge in [-0.15, -0.1) is 0 Å². The summed E-state index contributed by atoms with van der Waals surface area (Å²) in [5.41, 5.74) is 1.36. The average Bonchev–Trinajstić information content (AvgIpc) is 2.18. The molecular weight excluding hydrogens is 202 g/mol. The molecule has 0 N–H and O–H groups in total. The molecule has 3 heteroatoms. The summed E-state index contributed by atoms with van der Waals surface area (Å²) in [6.07, 6.45) is 1.17. The van der Waals surface area contributed by atoms with E-state index in [-0.39, 0.29) is 8.80 Å². The van der Waals surface area contributed by atoms with E-state index in [9.17, 15) is 0 Å². The van der Waals surface area contributed by atoms with Gasteiger partial charge in [0.15, 0.2) is 0 Å². The summed E-state index contributed by atoms with van der Waals surface area (Å²) in [6.45, 7) is 6.38. The molecule has 15 heavy (non-hydrogen) atoms. The van der Waals surface area contributed by atoms with Crippen molar-refractivity contribution < 1.29 is 4.74 Å². The highest BCUT2D eigenvalue weighted by molar-refractivity contribution is 6.55. The fourth-order valence-electron chi connectivity index (χ4n) is 1.62. The average molecular weight is 222 g/mol. The molecule has 1 aromatic carbocycles. The maximum absolute atomic E-state index is 5.22. The quantitative estimate of drug-likeness (QED) is 0.541. The van der Waals surface area contributed by atoms with Gasteiger partial charge in [-0.2, -0.15) is 0 Å². The van der Waals surface area contributed by atoms with E-state index in [4.69, 9.17) is 4.74 Å². The first-order valence-electron chi connectivity index (χ1n) is 5.26. The maximum atomic E-state index is 5.22. The van der Waals surface area contributed by atoms with Crippen LogP contribution in [0.5, 0.6) is 0 Å². The molecule has 83 valence electrons. The molecular formula is C12H20NOSi. The lowest BCUT2D eigenvalue weighted by molar-refractivity contribution is 0.0703. The summed E-state index contributed by atoms with van der Waals surface area (Å²) < 4.78 is 5.22. The minimum absolute atomic E-state index is 0.228. The van der Waals surface area contributed by atoms with Crippen molar-refractivity contribution in [1.29, 1.82) is 0 Å². The van der Waals surface area contributed by atoms with Gasteiger partial charge in [-0.1, -0.05) is 43.4 Å². The van der Waals surface area contributed by atoms with Crippen molar-refractivity contribution in [3.63, 3.8) is 0 Å². The highest BCUT2D eigenvalue weighted by Crippen LogP contribution is 2.04. The number of methoxy groups -OCH3 is 1. The molecule has 1 aromatic rings. The van der Waals surface area contributed by atoms with Crippen molar-refractivity contribution >= 4 is 8.80 Å². The molecule has 0 saturated carbocycles. The largest absolute Gasteiger partial charge is 0.369 e. The van der Waals surface area contributed by atoms with Gasteiger partial charge < -0.3 is 4.74 Å². The van der Waals surface area contributed by atoms with Crippen LogP contribution in [0.25, 0.3) is 0 Å². The monoisotopic (exact) mass is 222 g/mol. The van der Waals surface area contributed by atoms with Gasteiger partial charge in [0.2, 0.25) is 0 Å². The topological polar surface area (TPSA) is 12.5 Å². The summed E-state index contributed by atoms with van der Waals surface area (Å²) in [5, 5.41) is 0. The zero-order valence-electron chi connectivity index (χ0n) is 9.86. The molecule has 0 fully saturated rings. The molecule has 0 aromatic heterocycles. The third-order valence-electron chi connectivity index (χ3n) is 2.10. The zero-order chi connectivity index (χ0) is 11.1. The Balaban J connectivity index is 2.50. The minimum Gasteiger partial charge on any atom is -0.369 e. The number of rotatable bonds is 6. The van der Waals surface area contributed by atoms with Crippen molar-refractivity contribution in [2.45, 2.75) is 19.6 Å². The van der Waals surface area contributed by atoms with Crippen LogP contribution in [0.2, 0.25) is 13.1 Å². The third-order valence-corrected chi connectivity index (χ3v) is 3.18. The third kappa shape index (κ3) is 5.11. The maximum Gasteiger partial charge on any atom is 0.0986 e. The standard InChI is InChI=1S/C12H20NOSi/c1-14-10-13(11-15(2)3)9-12-7-5-4-6-8-12/h4-8H,9-11H2,1-3H3. The molecule has 1 rings (SSSR count). The van der Waals surface area contributed by atoms with Gasteiger partial charge in [0, 0.05) is 13.7 Å². The number of hydrogen-bond acceptors (Lipinski definition) is 2. The molecule has 2 nitrogen and oxygen atoms in total. The molecule has 0 aliphatic heterocycles. The Hall–Kier alpha value is -0.643. The molecule has 0 saturated heterocycles. The summed E-state index contributed by atoms with van der Waals surface area (Å²) in [4.78, 5) is 2.36. The van der Waals surface area contributed by atoms with Crippen LogP contribution < -0.4 is 0 Å². The van der Waals surface area contributed by atoms with Crippen molar-refractivity contribution in [2.24, 2.45) is 0 Å². The molecule has 0 heterocycles. The van der Waals surface area contributed by atoms with Crippen LogP contribution >= 0.6 is 0 Å². The number of benzene rings is 1. The van der Waals surface area contributed by atoms with E-state index in [1.54, 1.807) is 7.11 Å². The predicted octanol–water partition coefficient (Wildman–Crippen LogP) is 2.39. The van der Waals surface area contributed by atoms with Crippen LogP contribution in [0.15, 0.2) is 30.3 Å². The zero-order valence-corrected chi connectivity index (χ0v) is 10.9. The van der Waals surface area contributed by atoms with Gasteiger partial charge in [-0.3, -0.25) is 4.90 Å². The van der Waals surface area contributed by atoms with E-state index in [1.165, 1.54) is 11.7 Å². The Morgan fingerprint density at radius 2 is 1.87 bits per heavy atom.